The predicted octanol–water partition coefficient (Wildman–Crippen LogP) is 3.39. The lowest BCUT2D eigenvalue weighted by Gasteiger charge is -2.09. The average molecular weight is 301 g/mol. The van der Waals surface area contributed by atoms with Crippen molar-refractivity contribution >= 4 is 0 Å². The molecule has 1 heterocycles. The van der Waals surface area contributed by atoms with Crippen LogP contribution in [-0.4, -0.2) is 29.0 Å². The molecule has 0 bridgehead atoms. The standard InChI is InChI=1S/C18H27N3O/c1-14(2)22-12-8-11-19-13-18-15(3)20-21(16(18)4)17-9-6-5-7-10-17/h5-7,9-10,14,19H,8,11-13H2,1-4H3. The van der Waals surface area contributed by atoms with E-state index in [9.17, 15) is 0 Å². The van der Waals surface area contributed by atoms with Crippen LogP contribution >= 0.6 is 0 Å². The summed E-state index contributed by atoms with van der Waals surface area (Å²) in [6.45, 7) is 11.0. The SMILES string of the molecule is Cc1nn(-c2ccccc2)c(C)c1CNCCCOC(C)C. The Hall–Kier alpha value is -1.65. The van der Waals surface area contributed by atoms with Crippen LogP contribution in [0.1, 0.15) is 37.2 Å². The van der Waals surface area contributed by atoms with Gasteiger partial charge in [0.1, 0.15) is 0 Å². The zero-order valence-corrected chi connectivity index (χ0v) is 14.1. The van der Waals surface area contributed by atoms with Gasteiger partial charge >= 0.3 is 0 Å². The molecule has 0 spiro atoms. The van der Waals surface area contributed by atoms with Gasteiger partial charge in [0.25, 0.3) is 0 Å². The molecule has 0 unspecified atom stereocenters. The molecule has 1 N–H and O–H groups in total. The van der Waals surface area contributed by atoms with E-state index in [1.807, 2.05) is 22.9 Å². The number of para-hydroxylation sites is 1. The van der Waals surface area contributed by atoms with Gasteiger partial charge in [0.2, 0.25) is 0 Å². The van der Waals surface area contributed by atoms with Crippen molar-refractivity contribution in [1.82, 2.24) is 15.1 Å². The zero-order chi connectivity index (χ0) is 15.9. The van der Waals surface area contributed by atoms with Crippen molar-refractivity contribution in [2.45, 2.75) is 46.8 Å². The minimum absolute atomic E-state index is 0.314. The summed E-state index contributed by atoms with van der Waals surface area (Å²) in [7, 11) is 0. The third kappa shape index (κ3) is 4.42. The topological polar surface area (TPSA) is 39.1 Å². The van der Waals surface area contributed by atoms with Crippen LogP contribution < -0.4 is 5.32 Å². The van der Waals surface area contributed by atoms with E-state index in [1.165, 1.54) is 11.3 Å². The van der Waals surface area contributed by atoms with Crippen molar-refractivity contribution in [3.05, 3.63) is 47.3 Å². The van der Waals surface area contributed by atoms with E-state index in [0.29, 0.717) is 6.10 Å². The molecule has 2 aromatic rings. The number of hydrogen-bond acceptors (Lipinski definition) is 3. The molecule has 1 aromatic heterocycles. The van der Waals surface area contributed by atoms with Gasteiger partial charge < -0.3 is 10.1 Å². The summed E-state index contributed by atoms with van der Waals surface area (Å²) in [6.07, 6.45) is 1.34. The fourth-order valence-electron chi connectivity index (χ4n) is 2.48. The molecule has 0 saturated carbocycles. The number of ether oxygens (including phenoxy) is 1. The van der Waals surface area contributed by atoms with E-state index in [-0.39, 0.29) is 0 Å². The number of nitrogens with zero attached hydrogens (tertiary/aromatic N) is 2. The molecular weight excluding hydrogens is 274 g/mol. The number of aryl methyl sites for hydroxylation is 1. The molecule has 0 amide bonds. The second-order valence-electron chi connectivity index (χ2n) is 5.85. The van der Waals surface area contributed by atoms with Crippen LogP contribution in [0.15, 0.2) is 30.3 Å². The molecule has 0 saturated heterocycles. The van der Waals surface area contributed by atoms with E-state index < -0.39 is 0 Å². The Morgan fingerprint density at radius 2 is 1.91 bits per heavy atom. The molecular formula is C18H27N3O. The Morgan fingerprint density at radius 3 is 2.59 bits per heavy atom. The minimum Gasteiger partial charge on any atom is -0.379 e. The van der Waals surface area contributed by atoms with Gasteiger partial charge in [-0.3, -0.25) is 0 Å². The van der Waals surface area contributed by atoms with Crippen LogP contribution in [0.2, 0.25) is 0 Å². The van der Waals surface area contributed by atoms with Crippen molar-refractivity contribution in [2.24, 2.45) is 0 Å². The summed E-state index contributed by atoms with van der Waals surface area (Å²) in [4.78, 5) is 0. The Morgan fingerprint density at radius 1 is 1.18 bits per heavy atom. The van der Waals surface area contributed by atoms with E-state index in [1.54, 1.807) is 0 Å². The van der Waals surface area contributed by atoms with E-state index in [0.717, 1.165) is 37.5 Å². The molecule has 120 valence electrons. The van der Waals surface area contributed by atoms with Crippen molar-refractivity contribution in [3.8, 4) is 5.69 Å². The molecule has 0 radical (unpaired) electrons. The quantitative estimate of drug-likeness (QED) is 0.760. The molecule has 0 aliphatic carbocycles. The molecule has 4 heteroatoms. The van der Waals surface area contributed by atoms with Gasteiger partial charge in [0, 0.05) is 24.4 Å². The normalized spacial score (nSPS) is 11.3. The molecule has 0 atom stereocenters. The number of hydrogen-bond donors (Lipinski definition) is 1. The summed E-state index contributed by atoms with van der Waals surface area (Å²) in [5, 5.41) is 8.16. The first-order valence-corrected chi connectivity index (χ1v) is 8.02. The average Bonchev–Trinajstić information content (AvgIpc) is 2.79. The highest BCUT2D eigenvalue weighted by molar-refractivity contribution is 5.36. The van der Waals surface area contributed by atoms with Crippen LogP contribution in [-0.2, 0) is 11.3 Å². The van der Waals surface area contributed by atoms with Crippen molar-refractivity contribution in [2.75, 3.05) is 13.2 Å². The molecule has 1 aromatic carbocycles. The molecule has 2 rings (SSSR count). The van der Waals surface area contributed by atoms with Crippen LogP contribution in [0, 0.1) is 13.8 Å². The largest absolute Gasteiger partial charge is 0.379 e. The second kappa shape index (κ2) is 8.11. The van der Waals surface area contributed by atoms with Gasteiger partial charge in [-0.1, -0.05) is 18.2 Å². The van der Waals surface area contributed by atoms with Crippen molar-refractivity contribution in [1.29, 1.82) is 0 Å². The maximum absolute atomic E-state index is 5.55. The Labute approximate surface area is 133 Å². The monoisotopic (exact) mass is 301 g/mol. The van der Waals surface area contributed by atoms with Crippen LogP contribution in [0.4, 0.5) is 0 Å². The van der Waals surface area contributed by atoms with E-state index in [4.69, 9.17) is 4.74 Å². The fourth-order valence-corrected chi connectivity index (χ4v) is 2.48. The maximum atomic E-state index is 5.55. The van der Waals surface area contributed by atoms with Gasteiger partial charge in [-0.25, -0.2) is 4.68 Å². The van der Waals surface area contributed by atoms with Gasteiger partial charge in [-0.05, 0) is 52.8 Å². The number of rotatable bonds is 8. The van der Waals surface area contributed by atoms with Gasteiger partial charge in [-0.2, -0.15) is 5.10 Å². The van der Waals surface area contributed by atoms with Gasteiger partial charge in [0.15, 0.2) is 0 Å². The summed E-state index contributed by atoms with van der Waals surface area (Å²) >= 11 is 0. The van der Waals surface area contributed by atoms with Gasteiger partial charge in [0.05, 0.1) is 17.5 Å². The highest BCUT2D eigenvalue weighted by Crippen LogP contribution is 2.17. The van der Waals surface area contributed by atoms with Crippen molar-refractivity contribution < 1.29 is 4.74 Å². The third-order valence-electron chi connectivity index (χ3n) is 3.69. The maximum Gasteiger partial charge on any atom is 0.0648 e. The minimum atomic E-state index is 0.314. The first-order valence-electron chi connectivity index (χ1n) is 8.02. The molecule has 0 aliphatic heterocycles. The summed E-state index contributed by atoms with van der Waals surface area (Å²) in [5.74, 6) is 0. The number of benzene rings is 1. The summed E-state index contributed by atoms with van der Waals surface area (Å²) < 4.78 is 7.57. The highest BCUT2D eigenvalue weighted by atomic mass is 16.5. The lowest BCUT2D eigenvalue weighted by Crippen LogP contribution is -2.18. The van der Waals surface area contributed by atoms with Gasteiger partial charge in [-0.15, -0.1) is 0 Å². The predicted molar refractivity (Wildman–Crippen MR) is 90.4 cm³/mol. The molecule has 0 fully saturated rings. The molecule has 22 heavy (non-hydrogen) atoms. The Balaban J connectivity index is 1.91. The van der Waals surface area contributed by atoms with Crippen LogP contribution in [0.5, 0.6) is 0 Å². The number of aromatic nitrogens is 2. The van der Waals surface area contributed by atoms with E-state index in [2.05, 4.69) is 50.2 Å². The molecule has 4 nitrogen and oxygen atoms in total. The third-order valence-corrected chi connectivity index (χ3v) is 3.69. The van der Waals surface area contributed by atoms with Crippen molar-refractivity contribution in [3.63, 3.8) is 0 Å². The lowest BCUT2D eigenvalue weighted by atomic mass is 10.2. The second-order valence-corrected chi connectivity index (χ2v) is 5.85. The lowest BCUT2D eigenvalue weighted by molar-refractivity contribution is 0.0770. The van der Waals surface area contributed by atoms with Crippen LogP contribution in [0.25, 0.3) is 5.69 Å². The summed E-state index contributed by atoms with van der Waals surface area (Å²) in [5.41, 5.74) is 4.69. The first kappa shape index (κ1) is 16.7. The Kier molecular flexibility index (Phi) is 6.16. The molecule has 0 aliphatic rings. The van der Waals surface area contributed by atoms with Crippen LogP contribution in [0.3, 0.4) is 0 Å². The van der Waals surface area contributed by atoms with E-state index >= 15 is 0 Å². The number of nitrogens with one attached hydrogen (secondary N) is 1. The Bertz CT molecular complexity index is 576. The zero-order valence-electron chi connectivity index (χ0n) is 14.1. The highest BCUT2D eigenvalue weighted by Gasteiger charge is 2.11. The first-order chi connectivity index (χ1) is 10.6. The summed E-state index contributed by atoms with van der Waals surface area (Å²) in [6, 6.07) is 10.3. The fraction of sp³-hybridized carbons (Fsp3) is 0.500. The smallest absolute Gasteiger partial charge is 0.0648 e.